The summed E-state index contributed by atoms with van der Waals surface area (Å²) in [5, 5.41) is 11.5. The van der Waals surface area contributed by atoms with Crippen molar-refractivity contribution in [1.29, 1.82) is 0 Å². The lowest BCUT2D eigenvalue weighted by atomic mass is 10.1. The Kier molecular flexibility index (Phi) is 4.45. The van der Waals surface area contributed by atoms with E-state index in [1.165, 1.54) is 10.9 Å². The van der Waals surface area contributed by atoms with Crippen LogP contribution in [0.2, 0.25) is 0 Å². The van der Waals surface area contributed by atoms with E-state index in [0.717, 1.165) is 5.56 Å². The average Bonchev–Trinajstić information content (AvgIpc) is 3.13. The molecular weight excluding hydrogens is 343 g/mol. The van der Waals surface area contributed by atoms with Crippen molar-refractivity contribution in [3.63, 3.8) is 0 Å². The molecule has 0 saturated carbocycles. The van der Waals surface area contributed by atoms with Gasteiger partial charge in [0, 0.05) is 11.1 Å². The number of carbonyl (C=O) groups is 1. The molecule has 3 aromatic carbocycles. The van der Waals surface area contributed by atoms with E-state index in [1.54, 1.807) is 42.5 Å². The first-order chi connectivity index (χ1) is 13.2. The Morgan fingerprint density at radius 2 is 1.44 bits per heavy atom. The van der Waals surface area contributed by atoms with Crippen molar-refractivity contribution in [2.75, 3.05) is 5.32 Å². The molecule has 0 atom stereocenters. The third-order valence-corrected chi connectivity index (χ3v) is 4.00. The van der Waals surface area contributed by atoms with Gasteiger partial charge in [-0.2, -0.15) is 0 Å². The van der Waals surface area contributed by atoms with Gasteiger partial charge in [-0.3, -0.25) is 4.79 Å². The van der Waals surface area contributed by atoms with Crippen molar-refractivity contribution in [3.05, 3.63) is 96.3 Å². The number of aromatic nitrogens is 3. The van der Waals surface area contributed by atoms with Crippen molar-refractivity contribution in [1.82, 2.24) is 15.0 Å². The summed E-state index contributed by atoms with van der Waals surface area (Å²) in [6.45, 7) is 0. The van der Waals surface area contributed by atoms with Gasteiger partial charge in [0.1, 0.15) is 11.4 Å². The van der Waals surface area contributed by atoms with Gasteiger partial charge in [0.2, 0.25) is 0 Å². The second kappa shape index (κ2) is 7.21. The number of benzene rings is 3. The first-order valence-corrected chi connectivity index (χ1v) is 8.36. The van der Waals surface area contributed by atoms with Gasteiger partial charge < -0.3 is 5.32 Å². The predicted octanol–water partition coefficient (Wildman–Crippen LogP) is 4.33. The highest BCUT2D eigenvalue weighted by Gasteiger charge is 2.18. The van der Waals surface area contributed by atoms with Crippen LogP contribution in [0.3, 0.4) is 0 Å². The fraction of sp³-hybridized carbons (Fsp3) is 0. The highest BCUT2D eigenvalue weighted by Crippen LogP contribution is 2.26. The van der Waals surface area contributed by atoms with E-state index in [0.29, 0.717) is 11.3 Å². The quantitative estimate of drug-likeness (QED) is 0.591. The van der Waals surface area contributed by atoms with E-state index in [1.807, 2.05) is 36.4 Å². The molecule has 4 rings (SSSR count). The van der Waals surface area contributed by atoms with Gasteiger partial charge in [-0.05, 0) is 24.3 Å². The van der Waals surface area contributed by atoms with E-state index in [2.05, 4.69) is 15.5 Å². The molecule has 4 aromatic rings. The molecule has 0 fully saturated rings. The number of rotatable bonds is 4. The zero-order valence-corrected chi connectivity index (χ0v) is 14.2. The number of para-hydroxylation sites is 1. The van der Waals surface area contributed by atoms with Crippen LogP contribution in [0, 0.1) is 5.82 Å². The van der Waals surface area contributed by atoms with Crippen LogP contribution in [0.1, 0.15) is 10.4 Å². The zero-order chi connectivity index (χ0) is 18.6. The van der Waals surface area contributed by atoms with Gasteiger partial charge in [-0.25, -0.2) is 4.39 Å². The average molecular weight is 358 g/mol. The number of amides is 1. The van der Waals surface area contributed by atoms with Crippen molar-refractivity contribution in [2.45, 2.75) is 0 Å². The maximum absolute atomic E-state index is 14.2. The van der Waals surface area contributed by atoms with E-state index in [9.17, 15) is 9.18 Å². The summed E-state index contributed by atoms with van der Waals surface area (Å²) in [6, 6.07) is 24.3. The molecule has 0 bridgehead atoms. The van der Waals surface area contributed by atoms with Crippen LogP contribution in [-0.2, 0) is 0 Å². The van der Waals surface area contributed by atoms with Gasteiger partial charge in [0.05, 0.1) is 0 Å². The Hall–Kier alpha value is -3.80. The Bertz CT molecular complexity index is 1080. The fourth-order valence-electron chi connectivity index (χ4n) is 2.67. The van der Waals surface area contributed by atoms with Crippen LogP contribution < -0.4 is 5.32 Å². The first kappa shape index (κ1) is 16.7. The van der Waals surface area contributed by atoms with E-state index in [4.69, 9.17) is 0 Å². The smallest absolute Gasteiger partial charge is 0.256 e. The standard InChI is InChI=1S/C21H15FN4O/c22-17-13-7-8-14-18(17)26-24-19(15-9-3-1-4-10-15)20(25-26)23-21(27)16-11-5-2-6-12-16/h1-14H,(H,23,25,27). The van der Waals surface area contributed by atoms with Crippen LogP contribution in [0.25, 0.3) is 16.9 Å². The SMILES string of the molecule is O=C(Nc1nn(-c2ccccc2F)nc1-c1ccccc1)c1ccccc1. The van der Waals surface area contributed by atoms with Crippen LogP contribution >= 0.6 is 0 Å². The van der Waals surface area contributed by atoms with Crippen molar-refractivity contribution < 1.29 is 9.18 Å². The lowest BCUT2D eigenvalue weighted by Gasteiger charge is -2.04. The number of halogens is 1. The van der Waals surface area contributed by atoms with Gasteiger partial charge in [-0.15, -0.1) is 15.0 Å². The topological polar surface area (TPSA) is 59.8 Å². The number of hydrogen-bond acceptors (Lipinski definition) is 3. The molecule has 1 N–H and O–H groups in total. The lowest BCUT2D eigenvalue weighted by Crippen LogP contribution is -2.13. The number of nitrogens with zero attached hydrogens (tertiary/aromatic N) is 3. The molecule has 1 aromatic heterocycles. The second-order valence-electron chi connectivity index (χ2n) is 5.82. The van der Waals surface area contributed by atoms with Crippen molar-refractivity contribution >= 4 is 11.7 Å². The molecule has 0 aliphatic carbocycles. The zero-order valence-electron chi connectivity index (χ0n) is 14.2. The Morgan fingerprint density at radius 3 is 2.15 bits per heavy atom. The Balaban J connectivity index is 1.77. The molecule has 6 heteroatoms. The summed E-state index contributed by atoms with van der Waals surface area (Å²) in [6.07, 6.45) is 0. The van der Waals surface area contributed by atoms with Crippen LogP contribution in [0.4, 0.5) is 10.2 Å². The van der Waals surface area contributed by atoms with Gasteiger partial charge >= 0.3 is 0 Å². The monoisotopic (exact) mass is 358 g/mol. The van der Waals surface area contributed by atoms with Crippen LogP contribution in [-0.4, -0.2) is 20.9 Å². The van der Waals surface area contributed by atoms with Crippen molar-refractivity contribution in [2.24, 2.45) is 0 Å². The normalized spacial score (nSPS) is 10.6. The summed E-state index contributed by atoms with van der Waals surface area (Å²) >= 11 is 0. The molecule has 132 valence electrons. The minimum Gasteiger partial charge on any atom is -0.303 e. The highest BCUT2D eigenvalue weighted by atomic mass is 19.1. The molecule has 27 heavy (non-hydrogen) atoms. The molecule has 1 amide bonds. The molecule has 0 unspecified atom stereocenters. The molecule has 0 spiro atoms. The maximum Gasteiger partial charge on any atom is 0.256 e. The number of anilines is 1. The lowest BCUT2D eigenvalue weighted by molar-refractivity contribution is 0.102. The number of hydrogen-bond donors (Lipinski definition) is 1. The summed E-state index contributed by atoms with van der Waals surface area (Å²) in [5.74, 6) is -0.500. The first-order valence-electron chi connectivity index (χ1n) is 8.36. The summed E-state index contributed by atoms with van der Waals surface area (Å²) < 4.78 is 14.2. The van der Waals surface area contributed by atoms with Gasteiger partial charge in [0.15, 0.2) is 11.6 Å². The fourth-order valence-corrected chi connectivity index (χ4v) is 2.67. The second-order valence-corrected chi connectivity index (χ2v) is 5.82. The maximum atomic E-state index is 14.2. The Morgan fingerprint density at radius 1 is 0.815 bits per heavy atom. The molecule has 0 saturated heterocycles. The molecule has 5 nitrogen and oxygen atoms in total. The highest BCUT2D eigenvalue weighted by molar-refractivity contribution is 6.05. The minimum atomic E-state index is -0.451. The molecular formula is C21H15FN4O. The van der Waals surface area contributed by atoms with Gasteiger partial charge in [-0.1, -0.05) is 60.7 Å². The van der Waals surface area contributed by atoms with Crippen LogP contribution in [0.5, 0.6) is 0 Å². The molecule has 0 aliphatic rings. The van der Waals surface area contributed by atoms with E-state index < -0.39 is 5.82 Å². The van der Waals surface area contributed by atoms with E-state index >= 15 is 0 Å². The van der Waals surface area contributed by atoms with Crippen molar-refractivity contribution in [3.8, 4) is 16.9 Å². The Labute approximate surface area is 155 Å². The third kappa shape index (κ3) is 3.46. The summed E-state index contributed by atoms with van der Waals surface area (Å²) in [4.78, 5) is 13.7. The summed E-state index contributed by atoms with van der Waals surface area (Å²) in [7, 11) is 0. The largest absolute Gasteiger partial charge is 0.303 e. The molecule has 1 heterocycles. The van der Waals surface area contributed by atoms with E-state index in [-0.39, 0.29) is 17.4 Å². The third-order valence-electron chi connectivity index (χ3n) is 4.00. The predicted molar refractivity (Wildman–Crippen MR) is 101 cm³/mol. The number of carbonyl (C=O) groups excluding carboxylic acids is 1. The molecule has 0 aliphatic heterocycles. The minimum absolute atomic E-state index is 0.204. The molecule has 0 radical (unpaired) electrons. The summed E-state index contributed by atoms with van der Waals surface area (Å²) in [5.41, 5.74) is 1.93. The number of nitrogens with one attached hydrogen (secondary N) is 1. The van der Waals surface area contributed by atoms with Crippen LogP contribution in [0.15, 0.2) is 84.9 Å². The van der Waals surface area contributed by atoms with Gasteiger partial charge in [0.25, 0.3) is 5.91 Å².